The van der Waals surface area contributed by atoms with Crippen LogP contribution in [0, 0.1) is 19.8 Å². The molecule has 162 valence electrons. The lowest BCUT2D eigenvalue weighted by Gasteiger charge is -2.43. The molecule has 0 spiro atoms. The number of carbonyl (C=O) groups excluding carboxylic acids is 1. The number of pyridine rings is 1. The van der Waals surface area contributed by atoms with Crippen molar-refractivity contribution in [1.29, 1.82) is 0 Å². The number of methoxy groups -OCH3 is 1. The molecule has 0 unspecified atom stereocenters. The predicted molar refractivity (Wildman–Crippen MR) is 111 cm³/mol. The number of carbonyl (C=O) groups is 1. The molecule has 0 N–H and O–H groups in total. The molecule has 2 aliphatic rings. The minimum absolute atomic E-state index is 0.0283. The molecule has 2 atom stereocenters. The van der Waals surface area contributed by atoms with E-state index in [1.54, 1.807) is 7.11 Å². The molecule has 1 amide bonds. The number of hydrogen-bond donors (Lipinski definition) is 0. The van der Waals surface area contributed by atoms with Crippen LogP contribution < -0.4 is 5.56 Å². The van der Waals surface area contributed by atoms with Crippen molar-refractivity contribution < 1.29 is 14.1 Å². The number of ether oxygens (including phenoxy) is 1. The van der Waals surface area contributed by atoms with Crippen molar-refractivity contribution in [3.8, 4) is 0 Å². The predicted octanol–water partition coefficient (Wildman–Crippen LogP) is 1.68. The highest BCUT2D eigenvalue weighted by molar-refractivity contribution is 5.77. The zero-order valence-electron chi connectivity index (χ0n) is 18.2. The summed E-state index contributed by atoms with van der Waals surface area (Å²) in [7, 11) is 3.55. The number of amides is 1. The van der Waals surface area contributed by atoms with Crippen molar-refractivity contribution in [2.24, 2.45) is 5.92 Å². The number of nitrogens with zero attached hydrogens (tertiary/aromatic N) is 4. The van der Waals surface area contributed by atoms with Crippen LogP contribution >= 0.6 is 0 Å². The zero-order chi connectivity index (χ0) is 21.4. The maximum atomic E-state index is 13.2. The fourth-order valence-corrected chi connectivity index (χ4v) is 4.87. The van der Waals surface area contributed by atoms with Gasteiger partial charge < -0.3 is 18.7 Å². The van der Waals surface area contributed by atoms with Crippen LogP contribution in [0.5, 0.6) is 0 Å². The summed E-state index contributed by atoms with van der Waals surface area (Å²) in [5.74, 6) is 1.37. The summed E-state index contributed by atoms with van der Waals surface area (Å²) < 4.78 is 12.2. The number of likely N-dealkylation sites (tertiary alicyclic amines) is 1. The third kappa shape index (κ3) is 3.94. The van der Waals surface area contributed by atoms with E-state index < -0.39 is 0 Å². The molecule has 0 aromatic carbocycles. The minimum atomic E-state index is 0.0283. The van der Waals surface area contributed by atoms with Gasteiger partial charge >= 0.3 is 0 Å². The summed E-state index contributed by atoms with van der Waals surface area (Å²) in [6, 6.07) is 4.03. The van der Waals surface area contributed by atoms with E-state index in [1.165, 1.54) is 0 Å². The fraction of sp³-hybridized carbons (Fsp3) is 0.591. The molecule has 1 fully saturated rings. The van der Waals surface area contributed by atoms with Gasteiger partial charge in [-0.15, -0.1) is 0 Å². The van der Waals surface area contributed by atoms with Gasteiger partial charge in [-0.3, -0.25) is 14.5 Å². The normalized spacial score (nSPS) is 20.5. The summed E-state index contributed by atoms with van der Waals surface area (Å²) in [6.07, 6.45) is 1.03. The molecule has 8 heteroatoms. The molecular formula is C22H30N4O4. The lowest BCUT2D eigenvalue weighted by atomic mass is 9.83. The van der Waals surface area contributed by atoms with Crippen molar-refractivity contribution >= 4 is 5.91 Å². The van der Waals surface area contributed by atoms with E-state index in [-0.39, 0.29) is 24.0 Å². The van der Waals surface area contributed by atoms with E-state index in [9.17, 15) is 9.59 Å². The number of aromatic nitrogens is 2. The van der Waals surface area contributed by atoms with Gasteiger partial charge in [0.2, 0.25) is 5.91 Å². The number of fused-ring (bicyclic) bond motifs is 4. The van der Waals surface area contributed by atoms with Crippen LogP contribution in [0.25, 0.3) is 0 Å². The second-order valence-corrected chi connectivity index (χ2v) is 8.70. The summed E-state index contributed by atoms with van der Waals surface area (Å²) in [5.41, 5.74) is 3.89. The molecular weight excluding hydrogens is 384 g/mol. The van der Waals surface area contributed by atoms with Crippen LogP contribution in [0.4, 0.5) is 0 Å². The summed E-state index contributed by atoms with van der Waals surface area (Å²) in [4.78, 5) is 29.5. The Morgan fingerprint density at radius 3 is 2.77 bits per heavy atom. The first-order valence-electron chi connectivity index (χ1n) is 10.5. The Morgan fingerprint density at radius 2 is 2.07 bits per heavy atom. The zero-order valence-corrected chi connectivity index (χ0v) is 18.2. The number of aryl methyl sites for hydroxylation is 2. The van der Waals surface area contributed by atoms with Crippen LogP contribution in [-0.2, 0) is 29.2 Å². The highest BCUT2D eigenvalue weighted by Crippen LogP contribution is 2.35. The van der Waals surface area contributed by atoms with Gasteiger partial charge in [0.1, 0.15) is 12.4 Å². The maximum absolute atomic E-state index is 13.2. The van der Waals surface area contributed by atoms with Gasteiger partial charge in [-0.05, 0) is 39.3 Å². The lowest BCUT2D eigenvalue weighted by molar-refractivity contribution is -0.137. The van der Waals surface area contributed by atoms with E-state index >= 15 is 0 Å². The van der Waals surface area contributed by atoms with Gasteiger partial charge in [0.15, 0.2) is 0 Å². The summed E-state index contributed by atoms with van der Waals surface area (Å²) >= 11 is 0. The first-order valence-corrected chi connectivity index (χ1v) is 10.5. The van der Waals surface area contributed by atoms with E-state index in [0.29, 0.717) is 38.6 Å². The molecule has 0 saturated carbocycles. The molecule has 4 heterocycles. The van der Waals surface area contributed by atoms with Gasteiger partial charge in [0, 0.05) is 62.6 Å². The third-order valence-corrected chi connectivity index (χ3v) is 6.35. The Balaban J connectivity index is 1.51. The second-order valence-electron chi connectivity index (χ2n) is 8.70. The van der Waals surface area contributed by atoms with Crippen molar-refractivity contribution in [3.63, 3.8) is 0 Å². The topological polar surface area (TPSA) is 80.8 Å². The van der Waals surface area contributed by atoms with Gasteiger partial charge in [0.05, 0.1) is 5.69 Å². The minimum Gasteiger partial charge on any atom is -0.375 e. The Morgan fingerprint density at radius 1 is 1.27 bits per heavy atom. The van der Waals surface area contributed by atoms with Crippen molar-refractivity contribution in [3.05, 3.63) is 50.8 Å². The van der Waals surface area contributed by atoms with E-state index in [2.05, 4.69) is 16.1 Å². The first kappa shape index (κ1) is 20.8. The van der Waals surface area contributed by atoms with Crippen LogP contribution in [0.2, 0.25) is 0 Å². The number of rotatable bonds is 6. The fourth-order valence-electron chi connectivity index (χ4n) is 4.87. The van der Waals surface area contributed by atoms with Crippen molar-refractivity contribution in [2.45, 2.75) is 45.8 Å². The van der Waals surface area contributed by atoms with Gasteiger partial charge in [0.25, 0.3) is 5.56 Å². The number of hydrogen-bond acceptors (Lipinski definition) is 6. The smallest absolute Gasteiger partial charge is 0.255 e. The van der Waals surface area contributed by atoms with Crippen LogP contribution in [0.1, 0.15) is 40.6 Å². The largest absolute Gasteiger partial charge is 0.375 e. The van der Waals surface area contributed by atoms with Crippen LogP contribution in [0.15, 0.2) is 21.5 Å². The summed E-state index contributed by atoms with van der Waals surface area (Å²) in [5, 5.41) is 4.01. The van der Waals surface area contributed by atoms with Gasteiger partial charge in [-0.2, -0.15) is 0 Å². The Hall–Kier alpha value is -2.45. The molecule has 2 aromatic rings. The molecule has 2 bridgehead atoms. The molecule has 30 heavy (non-hydrogen) atoms. The lowest BCUT2D eigenvalue weighted by Crippen LogP contribution is -2.50. The van der Waals surface area contributed by atoms with Crippen LogP contribution in [-0.4, -0.2) is 59.3 Å². The molecule has 4 rings (SSSR count). The Bertz CT molecular complexity index is 976. The van der Waals surface area contributed by atoms with Crippen molar-refractivity contribution in [2.75, 3.05) is 33.9 Å². The average Bonchev–Trinajstić information content (AvgIpc) is 3.02. The van der Waals surface area contributed by atoms with Gasteiger partial charge in [-0.1, -0.05) is 11.2 Å². The molecule has 1 saturated heterocycles. The van der Waals surface area contributed by atoms with E-state index in [1.807, 2.05) is 36.4 Å². The molecule has 2 aliphatic heterocycles. The second kappa shape index (κ2) is 8.35. The van der Waals surface area contributed by atoms with Crippen molar-refractivity contribution in [1.82, 2.24) is 19.5 Å². The van der Waals surface area contributed by atoms with E-state index in [4.69, 9.17) is 9.26 Å². The van der Waals surface area contributed by atoms with Crippen LogP contribution in [0.3, 0.4) is 0 Å². The third-order valence-electron chi connectivity index (χ3n) is 6.35. The van der Waals surface area contributed by atoms with E-state index in [0.717, 1.165) is 34.7 Å². The number of piperidine rings is 1. The Labute approximate surface area is 176 Å². The Kier molecular flexibility index (Phi) is 5.79. The molecule has 2 aromatic heterocycles. The van der Waals surface area contributed by atoms with Gasteiger partial charge in [-0.25, -0.2) is 0 Å². The molecule has 8 nitrogen and oxygen atoms in total. The SMILES string of the molecule is COCC(=O)N1C[C@@H]2C[C@H](C1)c1ccc(CN(C)Cc3c(C)noc3C)c(=O)n1C2. The summed E-state index contributed by atoms with van der Waals surface area (Å²) in [6.45, 7) is 7.24. The monoisotopic (exact) mass is 414 g/mol. The average molecular weight is 415 g/mol. The first-order chi connectivity index (χ1) is 14.4. The molecule has 0 aliphatic carbocycles. The highest BCUT2D eigenvalue weighted by atomic mass is 16.5. The highest BCUT2D eigenvalue weighted by Gasteiger charge is 2.36. The maximum Gasteiger partial charge on any atom is 0.255 e. The quantitative estimate of drug-likeness (QED) is 0.715. The molecule has 0 radical (unpaired) electrons. The standard InChI is InChI=1S/C22H30N4O4/c1-14-19(15(2)30-23-14)12-24(3)10-17-5-6-20-18-7-16(9-26(20)22(17)28)8-25(11-18)21(27)13-29-4/h5-6,16,18H,7-13H2,1-4H3/t16-,18+/m0/s1.